The van der Waals surface area contributed by atoms with Crippen LogP contribution < -0.4 is 4.72 Å². The van der Waals surface area contributed by atoms with Gasteiger partial charge in [0.15, 0.2) is 0 Å². The molecule has 0 aliphatic heterocycles. The number of rotatable bonds is 6. The van der Waals surface area contributed by atoms with E-state index in [-0.39, 0.29) is 11.5 Å². The van der Waals surface area contributed by atoms with E-state index in [2.05, 4.69) is 21.5 Å². The van der Waals surface area contributed by atoms with Crippen molar-refractivity contribution < 1.29 is 13.5 Å². The van der Waals surface area contributed by atoms with E-state index < -0.39 is 15.6 Å². The molecule has 1 heterocycles. The first-order chi connectivity index (χ1) is 9.93. The average molecular weight is 310 g/mol. The molecule has 116 valence electrons. The number of aromatic nitrogens is 1. The van der Waals surface area contributed by atoms with Crippen LogP contribution in [0.1, 0.15) is 45.6 Å². The summed E-state index contributed by atoms with van der Waals surface area (Å²) < 4.78 is 27.8. The zero-order chi connectivity index (χ0) is 15.9. The van der Waals surface area contributed by atoms with Crippen molar-refractivity contribution in [2.75, 3.05) is 6.61 Å². The van der Waals surface area contributed by atoms with Crippen molar-refractivity contribution in [3.63, 3.8) is 0 Å². The summed E-state index contributed by atoms with van der Waals surface area (Å²) in [4.78, 5) is 4.00. The van der Waals surface area contributed by atoms with Crippen molar-refractivity contribution in [1.82, 2.24) is 9.71 Å². The number of nitrogens with zero attached hydrogens (tertiary/aromatic N) is 1. The Morgan fingerprint density at radius 2 is 1.86 bits per heavy atom. The van der Waals surface area contributed by atoms with Crippen LogP contribution in [0.3, 0.4) is 0 Å². The molecule has 5 nitrogen and oxygen atoms in total. The van der Waals surface area contributed by atoms with Gasteiger partial charge in [-0.3, -0.25) is 4.98 Å². The van der Waals surface area contributed by atoms with E-state index >= 15 is 0 Å². The molecular weight excluding hydrogens is 288 g/mol. The lowest BCUT2D eigenvalue weighted by Crippen LogP contribution is -2.46. The van der Waals surface area contributed by atoms with E-state index in [0.717, 1.165) is 19.3 Å². The number of aliphatic hydroxyl groups excluding tert-OH is 1. The van der Waals surface area contributed by atoms with Crippen molar-refractivity contribution in [2.45, 2.75) is 50.5 Å². The molecule has 1 aromatic heterocycles. The number of hydrogen-bond donors (Lipinski definition) is 2. The fraction of sp³-hybridized carbons (Fsp3) is 0.533. The second-order valence-electron chi connectivity index (χ2n) is 4.82. The molecule has 0 fully saturated rings. The summed E-state index contributed by atoms with van der Waals surface area (Å²) >= 11 is 0. The van der Waals surface area contributed by atoms with Crippen LogP contribution in [-0.2, 0) is 10.0 Å². The minimum Gasteiger partial charge on any atom is -0.384 e. The molecule has 0 saturated carbocycles. The van der Waals surface area contributed by atoms with Gasteiger partial charge >= 0.3 is 0 Å². The van der Waals surface area contributed by atoms with E-state index in [0.29, 0.717) is 5.56 Å². The highest BCUT2D eigenvalue weighted by molar-refractivity contribution is 7.89. The van der Waals surface area contributed by atoms with Gasteiger partial charge in [-0.1, -0.05) is 32.6 Å². The van der Waals surface area contributed by atoms with Gasteiger partial charge in [0, 0.05) is 23.5 Å². The molecule has 0 aromatic carbocycles. The number of sulfonamides is 1. The minimum atomic E-state index is -3.64. The molecule has 2 N–H and O–H groups in total. The maximum absolute atomic E-state index is 12.5. The van der Waals surface area contributed by atoms with Crippen LogP contribution in [0, 0.1) is 11.8 Å². The summed E-state index contributed by atoms with van der Waals surface area (Å²) in [6, 6.07) is 1.46. The largest absolute Gasteiger partial charge is 0.384 e. The fourth-order valence-electron chi connectivity index (χ4n) is 2.09. The Morgan fingerprint density at radius 3 is 2.38 bits per heavy atom. The molecule has 0 bridgehead atoms. The van der Waals surface area contributed by atoms with Crippen LogP contribution in [0.25, 0.3) is 0 Å². The summed E-state index contributed by atoms with van der Waals surface area (Å²) in [5.74, 6) is 5.13. The first kappa shape index (κ1) is 17.6. The van der Waals surface area contributed by atoms with Crippen LogP contribution in [-0.4, -0.2) is 30.7 Å². The summed E-state index contributed by atoms with van der Waals surface area (Å²) in [5, 5.41) is 8.68. The van der Waals surface area contributed by atoms with Crippen LogP contribution >= 0.6 is 0 Å². The third kappa shape index (κ3) is 4.53. The van der Waals surface area contributed by atoms with Crippen LogP contribution in [0.15, 0.2) is 23.4 Å². The molecule has 0 aliphatic carbocycles. The van der Waals surface area contributed by atoms with Gasteiger partial charge in [0.1, 0.15) is 11.5 Å². The quantitative estimate of drug-likeness (QED) is 0.783. The number of pyridine rings is 1. The first-order valence-corrected chi connectivity index (χ1v) is 8.50. The van der Waals surface area contributed by atoms with Crippen molar-refractivity contribution in [1.29, 1.82) is 0 Å². The number of hydrogen-bond acceptors (Lipinski definition) is 4. The molecule has 1 rings (SSSR count). The molecule has 0 saturated heterocycles. The zero-order valence-electron chi connectivity index (χ0n) is 12.7. The van der Waals surface area contributed by atoms with Gasteiger partial charge in [0.25, 0.3) is 0 Å². The summed E-state index contributed by atoms with van der Waals surface area (Å²) in [6.45, 7) is 5.63. The van der Waals surface area contributed by atoms with Gasteiger partial charge in [0.05, 0.1) is 0 Å². The maximum Gasteiger partial charge on any atom is 0.242 e. The zero-order valence-corrected chi connectivity index (χ0v) is 13.5. The minimum absolute atomic E-state index is 0.0898. The Kier molecular flexibility index (Phi) is 6.34. The van der Waals surface area contributed by atoms with E-state index in [1.165, 1.54) is 18.5 Å². The SMILES string of the molecule is CCC(CC)(CC)NS(=O)(=O)c1cncc(C#CCO)c1. The van der Waals surface area contributed by atoms with Gasteiger partial charge < -0.3 is 5.11 Å². The van der Waals surface area contributed by atoms with Crippen molar-refractivity contribution in [3.8, 4) is 11.8 Å². The Bertz CT molecular complexity index is 618. The van der Waals surface area contributed by atoms with Crippen molar-refractivity contribution in [2.24, 2.45) is 0 Å². The molecule has 0 unspecified atom stereocenters. The van der Waals surface area contributed by atoms with Crippen molar-refractivity contribution >= 4 is 10.0 Å². The lowest BCUT2D eigenvalue weighted by Gasteiger charge is -2.31. The number of nitrogens with one attached hydrogen (secondary N) is 1. The highest BCUT2D eigenvalue weighted by Gasteiger charge is 2.30. The molecular formula is C15H22N2O3S. The third-order valence-electron chi connectivity index (χ3n) is 3.72. The lowest BCUT2D eigenvalue weighted by molar-refractivity contribution is 0.341. The standard InChI is InChI=1S/C15H22N2O3S/c1-4-15(5-2,6-3)17-21(19,20)14-10-13(8-7-9-18)11-16-12-14/h10-12,17-18H,4-6,9H2,1-3H3. The highest BCUT2D eigenvalue weighted by atomic mass is 32.2. The fourth-order valence-corrected chi connectivity index (χ4v) is 3.69. The van der Waals surface area contributed by atoms with E-state index in [9.17, 15) is 8.42 Å². The molecule has 21 heavy (non-hydrogen) atoms. The monoisotopic (exact) mass is 310 g/mol. The molecule has 0 aliphatic rings. The summed E-state index contributed by atoms with van der Waals surface area (Å²) in [5.41, 5.74) is 0.0213. The topological polar surface area (TPSA) is 79.3 Å². The van der Waals surface area contributed by atoms with Gasteiger partial charge in [-0.05, 0) is 25.3 Å². The maximum atomic E-state index is 12.5. The van der Waals surface area contributed by atoms with Gasteiger partial charge in [0.2, 0.25) is 10.0 Å². The highest BCUT2D eigenvalue weighted by Crippen LogP contribution is 2.22. The average Bonchev–Trinajstić information content (AvgIpc) is 2.51. The predicted molar refractivity (Wildman–Crippen MR) is 82.1 cm³/mol. The lowest BCUT2D eigenvalue weighted by atomic mass is 9.91. The molecule has 0 amide bonds. The Hall–Kier alpha value is -1.42. The molecule has 0 radical (unpaired) electrons. The van der Waals surface area contributed by atoms with Crippen LogP contribution in [0.4, 0.5) is 0 Å². The molecule has 0 spiro atoms. The van der Waals surface area contributed by atoms with E-state index in [1.54, 1.807) is 0 Å². The van der Waals surface area contributed by atoms with E-state index in [4.69, 9.17) is 5.11 Å². The second kappa shape index (κ2) is 7.55. The molecule has 6 heteroatoms. The Labute approximate surface area is 126 Å². The van der Waals surface area contributed by atoms with E-state index in [1.807, 2.05) is 20.8 Å². The van der Waals surface area contributed by atoms with Gasteiger partial charge in [-0.2, -0.15) is 0 Å². The smallest absolute Gasteiger partial charge is 0.242 e. The van der Waals surface area contributed by atoms with Crippen molar-refractivity contribution in [3.05, 3.63) is 24.0 Å². The summed E-state index contributed by atoms with van der Waals surface area (Å²) in [7, 11) is -3.64. The Balaban J connectivity index is 3.13. The first-order valence-electron chi connectivity index (χ1n) is 7.01. The predicted octanol–water partition coefficient (Wildman–Crippen LogP) is 1.67. The van der Waals surface area contributed by atoms with Gasteiger partial charge in [-0.15, -0.1) is 0 Å². The normalized spacial score (nSPS) is 11.8. The summed E-state index contributed by atoms with van der Waals surface area (Å²) in [6.07, 6.45) is 4.93. The molecule has 0 atom stereocenters. The number of aliphatic hydroxyl groups is 1. The second-order valence-corrected chi connectivity index (χ2v) is 6.50. The van der Waals surface area contributed by atoms with Gasteiger partial charge in [-0.25, -0.2) is 13.1 Å². The molecule has 1 aromatic rings. The van der Waals surface area contributed by atoms with Crippen LogP contribution in [0.5, 0.6) is 0 Å². The third-order valence-corrected chi connectivity index (χ3v) is 5.26. The van der Waals surface area contributed by atoms with Crippen LogP contribution in [0.2, 0.25) is 0 Å². The Morgan fingerprint density at radius 1 is 1.24 bits per heavy atom.